The average Bonchev–Trinajstić information content (AvgIpc) is 2.83. The van der Waals surface area contributed by atoms with Gasteiger partial charge < -0.3 is 4.90 Å². The maximum atomic E-state index is 13.2. The van der Waals surface area contributed by atoms with Crippen LogP contribution < -0.4 is 0 Å². The number of piperazine rings is 1. The SMILES string of the molecule is Cc1ccnc(C)c1C(=O)N1CCC(C)(N2CCN(C(C)c3ccc(C(F)(F)F)cc3)[C@@H](C)C2)CC1. The Hall–Kier alpha value is -2.45. The van der Waals surface area contributed by atoms with E-state index < -0.39 is 11.7 Å². The Kier molecular flexibility index (Phi) is 7.49. The number of hydrogen-bond donors (Lipinski definition) is 0. The van der Waals surface area contributed by atoms with Gasteiger partial charge in [-0.3, -0.25) is 19.6 Å². The van der Waals surface area contributed by atoms with Gasteiger partial charge in [-0.15, -0.1) is 0 Å². The molecule has 0 bridgehead atoms. The number of alkyl halides is 3. The Balaban J connectivity index is 1.36. The van der Waals surface area contributed by atoms with Crippen LogP contribution in [0.2, 0.25) is 0 Å². The van der Waals surface area contributed by atoms with E-state index >= 15 is 0 Å². The first-order chi connectivity index (χ1) is 16.9. The van der Waals surface area contributed by atoms with Crippen LogP contribution in [0.25, 0.3) is 0 Å². The Morgan fingerprint density at radius 2 is 1.69 bits per heavy atom. The van der Waals surface area contributed by atoms with Gasteiger partial charge in [-0.25, -0.2) is 0 Å². The highest BCUT2D eigenvalue weighted by Gasteiger charge is 2.41. The molecule has 0 N–H and O–H groups in total. The molecule has 3 heterocycles. The van der Waals surface area contributed by atoms with Crippen molar-refractivity contribution in [1.29, 1.82) is 0 Å². The second-order valence-electron chi connectivity index (χ2n) is 10.7. The number of aryl methyl sites for hydroxylation is 2. The van der Waals surface area contributed by atoms with E-state index in [-0.39, 0.29) is 23.5 Å². The number of hydrogen-bond acceptors (Lipinski definition) is 4. The molecule has 2 aromatic rings. The molecule has 8 heteroatoms. The maximum absolute atomic E-state index is 13.2. The summed E-state index contributed by atoms with van der Waals surface area (Å²) in [4.78, 5) is 24.4. The predicted molar refractivity (Wildman–Crippen MR) is 135 cm³/mol. The Labute approximate surface area is 212 Å². The summed E-state index contributed by atoms with van der Waals surface area (Å²) >= 11 is 0. The van der Waals surface area contributed by atoms with Crippen molar-refractivity contribution in [2.24, 2.45) is 0 Å². The average molecular weight is 503 g/mol. The van der Waals surface area contributed by atoms with Crippen LogP contribution in [0.5, 0.6) is 0 Å². The van der Waals surface area contributed by atoms with Crippen molar-refractivity contribution in [2.45, 2.75) is 71.3 Å². The maximum Gasteiger partial charge on any atom is 0.416 e. The molecule has 2 aliphatic heterocycles. The molecule has 2 aliphatic rings. The molecule has 4 rings (SSSR count). The number of aromatic nitrogens is 1. The highest BCUT2D eigenvalue weighted by atomic mass is 19.4. The number of benzene rings is 1. The van der Waals surface area contributed by atoms with Gasteiger partial charge in [0.1, 0.15) is 0 Å². The summed E-state index contributed by atoms with van der Waals surface area (Å²) in [5.74, 6) is 0.0729. The molecule has 2 fully saturated rings. The monoisotopic (exact) mass is 502 g/mol. The lowest BCUT2D eigenvalue weighted by Crippen LogP contribution is -2.62. The standard InChI is InChI=1S/C28H37F3N4O/c1-19-10-13-32-21(3)25(19)26(36)33-14-11-27(5,12-15-33)34-16-17-35(20(2)18-34)22(4)23-6-8-24(9-7-23)28(29,30)31/h6-10,13,20,22H,11-12,14-18H2,1-5H3/t20-,22?/m0/s1. The number of amides is 1. The van der Waals surface area contributed by atoms with E-state index in [1.54, 1.807) is 18.3 Å². The van der Waals surface area contributed by atoms with Gasteiger partial charge in [0, 0.05) is 56.5 Å². The van der Waals surface area contributed by atoms with Gasteiger partial charge in [-0.05, 0) is 76.8 Å². The summed E-state index contributed by atoms with van der Waals surface area (Å²) in [6.45, 7) is 14.5. The second-order valence-corrected chi connectivity index (χ2v) is 10.7. The van der Waals surface area contributed by atoms with Gasteiger partial charge in [0.2, 0.25) is 0 Å². The van der Waals surface area contributed by atoms with Crippen molar-refractivity contribution >= 4 is 5.91 Å². The lowest BCUT2D eigenvalue weighted by molar-refractivity contribution is -0.137. The first-order valence-electron chi connectivity index (χ1n) is 12.8. The fraction of sp³-hybridized carbons (Fsp3) is 0.571. The van der Waals surface area contributed by atoms with Crippen LogP contribution in [-0.2, 0) is 6.18 Å². The van der Waals surface area contributed by atoms with E-state index in [2.05, 4.69) is 35.6 Å². The molecular weight excluding hydrogens is 465 g/mol. The van der Waals surface area contributed by atoms with Crippen molar-refractivity contribution < 1.29 is 18.0 Å². The normalized spacial score (nSPS) is 22.4. The third-order valence-corrected chi connectivity index (χ3v) is 8.35. The molecule has 36 heavy (non-hydrogen) atoms. The number of carbonyl (C=O) groups excluding carboxylic acids is 1. The number of carbonyl (C=O) groups is 1. The molecule has 0 aliphatic carbocycles. The highest BCUT2D eigenvalue weighted by molar-refractivity contribution is 5.96. The summed E-state index contributed by atoms with van der Waals surface area (Å²) < 4.78 is 38.8. The number of nitrogens with zero attached hydrogens (tertiary/aromatic N) is 4. The van der Waals surface area contributed by atoms with E-state index in [1.807, 2.05) is 24.8 Å². The minimum atomic E-state index is -4.31. The molecule has 1 aromatic carbocycles. The predicted octanol–water partition coefficient (Wildman–Crippen LogP) is 5.48. The van der Waals surface area contributed by atoms with E-state index in [1.165, 1.54) is 12.1 Å². The van der Waals surface area contributed by atoms with Crippen molar-refractivity contribution in [3.63, 3.8) is 0 Å². The fourth-order valence-electron chi connectivity index (χ4n) is 5.86. The molecule has 0 spiro atoms. The van der Waals surface area contributed by atoms with E-state index in [0.29, 0.717) is 0 Å². The van der Waals surface area contributed by atoms with Gasteiger partial charge >= 0.3 is 6.18 Å². The third kappa shape index (κ3) is 5.30. The molecule has 1 aromatic heterocycles. The van der Waals surface area contributed by atoms with Crippen molar-refractivity contribution in [3.05, 3.63) is 64.5 Å². The molecule has 2 atom stereocenters. The second kappa shape index (κ2) is 10.1. The van der Waals surface area contributed by atoms with Gasteiger partial charge in [-0.2, -0.15) is 13.2 Å². The Morgan fingerprint density at radius 1 is 1.06 bits per heavy atom. The van der Waals surface area contributed by atoms with Crippen molar-refractivity contribution in [2.75, 3.05) is 32.7 Å². The fourth-order valence-corrected chi connectivity index (χ4v) is 5.86. The summed E-state index contributed by atoms with van der Waals surface area (Å²) in [6.07, 6.45) is -0.740. The number of pyridine rings is 1. The van der Waals surface area contributed by atoms with E-state index in [0.717, 1.165) is 67.9 Å². The Morgan fingerprint density at radius 3 is 2.25 bits per heavy atom. The van der Waals surface area contributed by atoms with Gasteiger partial charge in [0.15, 0.2) is 0 Å². The molecular formula is C28H37F3N4O. The first-order valence-corrected chi connectivity index (χ1v) is 12.8. The van der Waals surface area contributed by atoms with Crippen LogP contribution in [-0.4, -0.2) is 69.9 Å². The lowest BCUT2D eigenvalue weighted by Gasteiger charge is -2.52. The van der Waals surface area contributed by atoms with Gasteiger partial charge in [0.05, 0.1) is 16.8 Å². The number of halogens is 3. The largest absolute Gasteiger partial charge is 0.416 e. The Bertz CT molecular complexity index is 1060. The smallest absolute Gasteiger partial charge is 0.338 e. The lowest BCUT2D eigenvalue weighted by atomic mass is 9.86. The van der Waals surface area contributed by atoms with Crippen LogP contribution >= 0.6 is 0 Å². The van der Waals surface area contributed by atoms with Crippen LogP contribution in [0.3, 0.4) is 0 Å². The van der Waals surface area contributed by atoms with Crippen LogP contribution in [0.1, 0.15) is 72.4 Å². The molecule has 2 saturated heterocycles. The zero-order valence-electron chi connectivity index (χ0n) is 21.9. The van der Waals surface area contributed by atoms with Crippen LogP contribution in [0.4, 0.5) is 13.2 Å². The molecule has 0 saturated carbocycles. The minimum absolute atomic E-state index is 0.0216. The highest BCUT2D eigenvalue weighted by Crippen LogP contribution is 2.35. The summed E-state index contributed by atoms with van der Waals surface area (Å²) in [5, 5.41) is 0. The number of likely N-dealkylation sites (tertiary alicyclic amines) is 1. The molecule has 1 unspecified atom stereocenters. The number of piperidine rings is 1. The van der Waals surface area contributed by atoms with Crippen molar-refractivity contribution in [1.82, 2.24) is 19.7 Å². The topological polar surface area (TPSA) is 39.7 Å². The third-order valence-electron chi connectivity index (χ3n) is 8.35. The molecule has 196 valence electrons. The zero-order valence-corrected chi connectivity index (χ0v) is 21.9. The van der Waals surface area contributed by atoms with E-state index in [4.69, 9.17) is 0 Å². The van der Waals surface area contributed by atoms with Gasteiger partial charge in [-0.1, -0.05) is 12.1 Å². The summed E-state index contributed by atoms with van der Waals surface area (Å²) in [6, 6.07) is 7.77. The zero-order chi connectivity index (χ0) is 26.3. The van der Waals surface area contributed by atoms with Crippen molar-refractivity contribution in [3.8, 4) is 0 Å². The minimum Gasteiger partial charge on any atom is -0.338 e. The van der Waals surface area contributed by atoms with Crippen LogP contribution in [0.15, 0.2) is 36.5 Å². The molecule has 0 radical (unpaired) electrons. The van der Waals surface area contributed by atoms with E-state index in [9.17, 15) is 18.0 Å². The molecule has 1 amide bonds. The van der Waals surface area contributed by atoms with Crippen LogP contribution in [0, 0.1) is 13.8 Å². The summed E-state index contributed by atoms with van der Waals surface area (Å²) in [5.41, 5.74) is 2.78. The quantitative estimate of drug-likeness (QED) is 0.555. The molecule has 5 nitrogen and oxygen atoms in total. The number of rotatable bonds is 4. The summed E-state index contributed by atoms with van der Waals surface area (Å²) in [7, 11) is 0. The van der Waals surface area contributed by atoms with Gasteiger partial charge in [0.25, 0.3) is 5.91 Å². The first kappa shape index (κ1) is 26.6.